The lowest BCUT2D eigenvalue weighted by molar-refractivity contribution is 0.0504. The number of alkyl carbamates (subject to hydrolysis) is 1. The minimum atomic E-state index is -4.16. The molecule has 2 aromatic rings. The van der Waals surface area contributed by atoms with E-state index in [2.05, 4.69) is 15.0 Å². The third kappa shape index (κ3) is 5.27. The van der Waals surface area contributed by atoms with Crippen molar-refractivity contribution in [3.63, 3.8) is 0 Å². The molecule has 2 N–H and O–H groups in total. The number of ether oxygens (including phenoxy) is 1. The Balaban J connectivity index is 2.08. The molecule has 1 aromatic carbocycles. The summed E-state index contributed by atoms with van der Waals surface area (Å²) in [5.74, 6) is -0.525. The second kappa shape index (κ2) is 8.52. The number of amides is 1. The summed E-state index contributed by atoms with van der Waals surface area (Å²) in [4.78, 5) is 16.3. The number of hydrogen-bond acceptors (Lipinski definition) is 5. The molecule has 1 aliphatic carbocycles. The van der Waals surface area contributed by atoms with Gasteiger partial charge in [0, 0.05) is 17.0 Å². The molecule has 0 bridgehead atoms. The SMILES string of the molecule is CC(C)C(F)NS(=O)(=O)c1cc2c(c3cnc(Cl)cc13)C(NC(=O)OC(C)(C)C)CC2. The van der Waals surface area contributed by atoms with Gasteiger partial charge in [0.05, 0.1) is 10.9 Å². The highest BCUT2D eigenvalue weighted by atomic mass is 35.5. The molecule has 10 heteroatoms. The number of nitrogens with one attached hydrogen (secondary N) is 2. The van der Waals surface area contributed by atoms with E-state index in [1.165, 1.54) is 18.3 Å². The van der Waals surface area contributed by atoms with Crippen LogP contribution < -0.4 is 10.0 Å². The van der Waals surface area contributed by atoms with E-state index in [1.807, 2.05) is 0 Å². The van der Waals surface area contributed by atoms with E-state index in [4.69, 9.17) is 16.3 Å². The lowest BCUT2D eigenvalue weighted by Gasteiger charge is -2.23. The van der Waals surface area contributed by atoms with Crippen LogP contribution in [0.1, 0.15) is 58.2 Å². The molecule has 0 radical (unpaired) electrons. The molecule has 1 aromatic heterocycles. The summed E-state index contributed by atoms with van der Waals surface area (Å²) in [6.45, 7) is 8.49. The molecule has 0 saturated heterocycles. The van der Waals surface area contributed by atoms with E-state index >= 15 is 0 Å². The maximum Gasteiger partial charge on any atom is 0.408 e. The second-order valence-electron chi connectivity index (χ2n) is 9.00. The molecule has 2 atom stereocenters. The first-order valence-corrected chi connectivity index (χ1v) is 11.9. The maximum atomic E-state index is 14.2. The van der Waals surface area contributed by atoms with Crippen molar-refractivity contribution in [1.29, 1.82) is 0 Å². The average molecular weight is 472 g/mol. The van der Waals surface area contributed by atoms with Crippen molar-refractivity contribution >= 4 is 38.5 Å². The largest absolute Gasteiger partial charge is 0.444 e. The first kappa shape index (κ1) is 23.7. The van der Waals surface area contributed by atoms with Crippen molar-refractivity contribution in [2.45, 2.75) is 70.3 Å². The molecular formula is C21H27ClFN3O4S. The van der Waals surface area contributed by atoms with Crippen molar-refractivity contribution in [2.24, 2.45) is 5.92 Å². The van der Waals surface area contributed by atoms with Crippen LogP contribution in [0, 0.1) is 5.92 Å². The van der Waals surface area contributed by atoms with Crippen LogP contribution >= 0.6 is 11.6 Å². The Morgan fingerprint density at radius 3 is 2.58 bits per heavy atom. The molecule has 170 valence electrons. The third-order valence-electron chi connectivity index (χ3n) is 4.96. The summed E-state index contributed by atoms with van der Waals surface area (Å²) in [5, 5.41) is 3.83. The summed E-state index contributed by atoms with van der Waals surface area (Å²) in [7, 11) is -4.16. The number of sulfonamides is 1. The zero-order valence-electron chi connectivity index (χ0n) is 18.1. The normalized spacial score (nSPS) is 17.6. The molecule has 3 rings (SSSR count). The van der Waals surface area contributed by atoms with Gasteiger partial charge in [-0.05, 0) is 62.8 Å². The summed E-state index contributed by atoms with van der Waals surface area (Å²) in [5.41, 5.74) is 0.869. The number of fused-ring (bicyclic) bond motifs is 3. The van der Waals surface area contributed by atoms with E-state index in [1.54, 1.807) is 34.6 Å². The van der Waals surface area contributed by atoms with E-state index in [-0.39, 0.29) is 16.1 Å². The topological polar surface area (TPSA) is 97.4 Å². The molecule has 31 heavy (non-hydrogen) atoms. The Bertz CT molecular complexity index is 1120. The fraction of sp³-hybridized carbons (Fsp3) is 0.524. The van der Waals surface area contributed by atoms with Crippen LogP contribution in [-0.4, -0.2) is 31.4 Å². The molecule has 2 unspecified atom stereocenters. The van der Waals surface area contributed by atoms with Gasteiger partial charge in [-0.2, -0.15) is 4.72 Å². The number of halogens is 2. The van der Waals surface area contributed by atoms with Gasteiger partial charge in [0.25, 0.3) is 0 Å². The molecule has 7 nitrogen and oxygen atoms in total. The lowest BCUT2D eigenvalue weighted by atomic mass is 10.0. The number of carbonyl (C=O) groups is 1. The number of aryl methyl sites for hydroxylation is 1. The smallest absolute Gasteiger partial charge is 0.408 e. The fourth-order valence-electron chi connectivity index (χ4n) is 3.56. The van der Waals surface area contributed by atoms with Gasteiger partial charge >= 0.3 is 6.09 Å². The van der Waals surface area contributed by atoms with Crippen LogP contribution in [0.5, 0.6) is 0 Å². The Morgan fingerprint density at radius 2 is 1.97 bits per heavy atom. The number of pyridine rings is 1. The zero-order valence-corrected chi connectivity index (χ0v) is 19.7. The van der Waals surface area contributed by atoms with Gasteiger partial charge < -0.3 is 10.1 Å². The Labute approximate surface area is 186 Å². The third-order valence-corrected chi connectivity index (χ3v) is 6.62. The summed E-state index contributed by atoms with van der Waals surface area (Å²) < 4.78 is 47.6. The van der Waals surface area contributed by atoms with Gasteiger partial charge in [-0.25, -0.2) is 22.6 Å². The summed E-state index contributed by atoms with van der Waals surface area (Å²) >= 11 is 6.05. The Hall–Kier alpha value is -1.97. The molecule has 0 saturated carbocycles. The van der Waals surface area contributed by atoms with Crippen molar-refractivity contribution in [1.82, 2.24) is 15.0 Å². The van der Waals surface area contributed by atoms with E-state index in [0.717, 1.165) is 11.1 Å². The molecule has 1 heterocycles. The van der Waals surface area contributed by atoms with E-state index < -0.39 is 33.9 Å². The molecule has 0 fully saturated rings. The van der Waals surface area contributed by atoms with Crippen LogP contribution in [0.25, 0.3) is 10.8 Å². The number of aromatic nitrogens is 1. The van der Waals surface area contributed by atoms with Gasteiger partial charge in [0.15, 0.2) is 6.30 Å². The minimum absolute atomic E-state index is 0.0632. The molecule has 1 amide bonds. The van der Waals surface area contributed by atoms with Crippen LogP contribution in [-0.2, 0) is 21.2 Å². The molecule has 1 aliphatic rings. The van der Waals surface area contributed by atoms with Gasteiger partial charge in [-0.15, -0.1) is 0 Å². The number of benzene rings is 1. The number of alkyl halides is 1. The first-order valence-electron chi connectivity index (χ1n) is 10.1. The minimum Gasteiger partial charge on any atom is -0.444 e. The first-order chi connectivity index (χ1) is 14.3. The van der Waals surface area contributed by atoms with Crippen molar-refractivity contribution < 1.29 is 22.3 Å². The second-order valence-corrected chi connectivity index (χ2v) is 11.1. The fourth-order valence-corrected chi connectivity index (χ4v) is 5.17. The highest BCUT2D eigenvalue weighted by molar-refractivity contribution is 7.89. The highest BCUT2D eigenvalue weighted by Crippen LogP contribution is 2.40. The average Bonchev–Trinajstić information content (AvgIpc) is 3.01. The number of nitrogens with zero attached hydrogens (tertiary/aromatic N) is 1. The zero-order chi connectivity index (χ0) is 23.1. The van der Waals surface area contributed by atoms with Gasteiger partial charge in [0.2, 0.25) is 10.0 Å². The predicted molar refractivity (Wildman–Crippen MR) is 117 cm³/mol. The number of rotatable bonds is 5. The van der Waals surface area contributed by atoms with Gasteiger partial charge in [-0.1, -0.05) is 25.4 Å². The molecule has 0 aliphatic heterocycles. The maximum absolute atomic E-state index is 14.2. The monoisotopic (exact) mass is 471 g/mol. The number of hydrogen-bond donors (Lipinski definition) is 2. The van der Waals surface area contributed by atoms with E-state index in [9.17, 15) is 17.6 Å². The quantitative estimate of drug-likeness (QED) is 0.489. The predicted octanol–water partition coefficient (Wildman–Crippen LogP) is 4.63. The van der Waals surface area contributed by atoms with Gasteiger partial charge in [-0.3, -0.25) is 0 Å². The molecular weight excluding hydrogens is 445 g/mol. The Morgan fingerprint density at radius 1 is 1.29 bits per heavy atom. The van der Waals surface area contributed by atoms with E-state index in [0.29, 0.717) is 23.6 Å². The van der Waals surface area contributed by atoms with Crippen LogP contribution in [0.2, 0.25) is 5.15 Å². The van der Waals surface area contributed by atoms with Crippen molar-refractivity contribution in [2.75, 3.05) is 0 Å². The van der Waals surface area contributed by atoms with Crippen LogP contribution in [0.3, 0.4) is 0 Å². The molecule has 0 spiro atoms. The highest BCUT2D eigenvalue weighted by Gasteiger charge is 2.32. The lowest BCUT2D eigenvalue weighted by Crippen LogP contribution is -2.35. The van der Waals surface area contributed by atoms with Crippen molar-refractivity contribution in [3.05, 3.63) is 34.6 Å². The van der Waals surface area contributed by atoms with Gasteiger partial charge in [0.1, 0.15) is 10.8 Å². The Kier molecular flexibility index (Phi) is 6.51. The van der Waals surface area contributed by atoms with Crippen molar-refractivity contribution in [3.8, 4) is 0 Å². The summed E-state index contributed by atoms with van der Waals surface area (Å²) in [6, 6.07) is 2.60. The van der Waals surface area contributed by atoms with Crippen LogP contribution in [0.15, 0.2) is 23.2 Å². The number of carbonyl (C=O) groups excluding carboxylic acids is 1. The summed E-state index contributed by atoms with van der Waals surface area (Å²) in [6.07, 6.45) is 0.310. The standard InChI is InChI=1S/C21H27ClFN3O4S/c1-11(2)19(23)26-31(28,29)16-8-12-6-7-15(25-20(27)30-21(3,4)5)18(12)14-10-24-17(22)9-13(14)16/h8-11,15,19,26H,6-7H2,1-5H3,(H,25,27). The van der Waals surface area contributed by atoms with Crippen LogP contribution in [0.4, 0.5) is 9.18 Å².